The maximum absolute atomic E-state index is 12.8. The molecule has 0 bridgehead atoms. The summed E-state index contributed by atoms with van der Waals surface area (Å²) in [5.74, 6) is -2.95. The number of benzene rings is 1. The van der Waals surface area contributed by atoms with E-state index in [0.29, 0.717) is 5.56 Å². The number of alkyl halides is 3. The molecule has 2 amide bonds. The summed E-state index contributed by atoms with van der Waals surface area (Å²) in [6.45, 7) is 2.47. The Morgan fingerprint density at radius 2 is 1.85 bits per heavy atom. The number of amides is 2. The van der Waals surface area contributed by atoms with Gasteiger partial charge in [0.1, 0.15) is 5.00 Å². The molecule has 0 atom stereocenters. The fourth-order valence-electron chi connectivity index (χ4n) is 2.71. The molecule has 34 heavy (non-hydrogen) atoms. The molecule has 0 aliphatic carbocycles. The average Bonchev–Trinajstić information content (AvgIpc) is 3.11. The van der Waals surface area contributed by atoms with Gasteiger partial charge in [-0.3, -0.25) is 9.59 Å². The summed E-state index contributed by atoms with van der Waals surface area (Å²) in [5, 5.41) is 4.90. The zero-order valence-corrected chi connectivity index (χ0v) is 19.2. The fourth-order valence-corrected chi connectivity index (χ4v) is 3.87. The van der Waals surface area contributed by atoms with Gasteiger partial charge >= 0.3 is 18.1 Å². The number of thiophene rings is 1. The normalized spacial score (nSPS) is 11.2. The molecule has 0 unspecified atom stereocenters. The second-order valence-corrected chi connectivity index (χ2v) is 7.69. The van der Waals surface area contributed by atoms with Crippen LogP contribution in [0.4, 0.5) is 18.2 Å². The Morgan fingerprint density at radius 1 is 1.15 bits per heavy atom. The standard InChI is InChI=1S/C22H21F3N2O6S/c1-4-32-21(31)17-12(2)18(19(30)26-3)34-20(17)27-15(28)11-33-16(29)9-8-13-6-5-7-14(10-13)22(23,24)25/h5-10H,4,11H2,1-3H3,(H,26,30)(H,27,28)/b9-8+. The van der Waals surface area contributed by atoms with Crippen molar-refractivity contribution in [3.63, 3.8) is 0 Å². The minimum atomic E-state index is -4.53. The van der Waals surface area contributed by atoms with E-state index < -0.39 is 42.1 Å². The number of nitrogens with one attached hydrogen (secondary N) is 2. The van der Waals surface area contributed by atoms with Crippen molar-refractivity contribution in [2.45, 2.75) is 20.0 Å². The number of esters is 2. The van der Waals surface area contributed by atoms with E-state index in [1.807, 2.05) is 0 Å². The van der Waals surface area contributed by atoms with Gasteiger partial charge < -0.3 is 20.1 Å². The molecule has 1 aromatic heterocycles. The lowest BCUT2D eigenvalue weighted by Gasteiger charge is -2.07. The highest BCUT2D eigenvalue weighted by molar-refractivity contribution is 7.18. The second kappa shape index (κ2) is 11.5. The zero-order chi connectivity index (χ0) is 25.5. The van der Waals surface area contributed by atoms with Crippen LogP contribution in [0.25, 0.3) is 6.08 Å². The molecule has 1 aromatic carbocycles. The molecule has 182 valence electrons. The van der Waals surface area contributed by atoms with Crippen molar-refractivity contribution in [3.05, 3.63) is 57.5 Å². The predicted octanol–water partition coefficient (Wildman–Crippen LogP) is 3.81. The van der Waals surface area contributed by atoms with Crippen molar-refractivity contribution in [1.29, 1.82) is 0 Å². The summed E-state index contributed by atoms with van der Waals surface area (Å²) in [6.07, 6.45) is -2.53. The van der Waals surface area contributed by atoms with Gasteiger partial charge in [0.05, 0.1) is 22.6 Å². The molecule has 8 nitrogen and oxygen atoms in total. The first-order valence-electron chi connectivity index (χ1n) is 9.82. The van der Waals surface area contributed by atoms with Crippen LogP contribution >= 0.6 is 11.3 Å². The summed E-state index contributed by atoms with van der Waals surface area (Å²) in [5.41, 5.74) is -0.429. The number of rotatable bonds is 8. The maximum atomic E-state index is 12.8. The molecule has 0 aliphatic heterocycles. The van der Waals surface area contributed by atoms with Gasteiger partial charge in [-0.15, -0.1) is 11.3 Å². The van der Waals surface area contributed by atoms with Crippen molar-refractivity contribution in [1.82, 2.24) is 5.32 Å². The highest BCUT2D eigenvalue weighted by Crippen LogP contribution is 2.34. The van der Waals surface area contributed by atoms with Gasteiger partial charge in [0.15, 0.2) is 6.61 Å². The van der Waals surface area contributed by atoms with Gasteiger partial charge in [0.25, 0.3) is 11.8 Å². The molecule has 1 heterocycles. The number of halogens is 3. The second-order valence-electron chi connectivity index (χ2n) is 6.67. The van der Waals surface area contributed by atoms with E-state index in [9.17, 15) is 32.3 Å². The summed E-state index contributed by atoms with van der Waals surface area (Å²) in [7, 11) is 1.41. The summed E-state index contributed by atoms with van der Waals surface area (Å²) in [4.78, 5) is 48.7. The van der Waals surface area contributed by atoms with Crippen LogP contribution in [0.15, 0.2) is 30.3 Å². The molecule has 0 fully saturated rings. The third kappa shape index (κ3) is 6.91. The molecule has 0 saturated carbocycles. The first kappa shape index (κ1) is 26.6. The Labute approximate surface area is 196 Å². The topological polar surface area (TPSA) is 111 Å². The summed E-state index contributed by atoms with van der Waals surface area (Å²) < 4.78 is 48.0. The Kier molecular flexibility index (Phi) is 8.96. The molecule has 2 N–H and O–H groups in total. The van der Waals surface area contributed by atoms with Crippen LogP contribution in [-0.2, 0) is 25.2 Å². The molecule has 2 aromatic rings. The van der Waals surface area contributed by atoms with E-state index in [1.165, 1.54) is 26.1 Å². The lowest BCUT2D eigenvalue weighted by molar-refractivity contribution is -0.142. The van der Waals surface area contributed by atoms with E-state index in [2.05, 4.69) is 10.6 Å². The van der Waals surface area contributed by atoms with Crippen molar-refractivity contribution in [2.24, 2.45) is 0 Å². The molecule has 0 saturated heterocycles. The molecular formula is C22H21F3N2O6S. The minimum Gasteiger partial charge on any atom is -0.462 e. The Bertz CT molecular complexity index is 1120. The first-order chi connectivity index (χ1) is 16.0. The van der Waals surface area contributed by atoms with E-state index in [1.54, 1.807) is 6.92 Å². The molecule has 2 rings (SSSR count). The van der Waals surface area contributed by atoms with Gasteiger partial charge in [-0.05, 0) is 43.2 Å². The lowest BCUT2D eigenvalue weighted by atomic mass is 10.1. The third-order valence-corrected chi connectivity index (χ3v) is 5.49. The quantitative estimate of drug-likeness (QED) is 0.423. The zero-order valence-electron chi connectivity index (χ0n) is 18.4. The predicted molar refractivity (Wildman–Crippen MR) is 118 cm³/mol. The number of ether oxygens (including phenoxy) is 2. The van der Waals surface area contributed by atoms with Crippen molar-refractivity contribution in [3.8, 4) is 0 Å². The number of hydrogen-bond acceptors (Lipinski definition) is 7. The number of anilines is 1. The number of hydrogen-bond donors (Lipinski definition) is 2. The van der Waals surface area contributed by atoms with Gasteiger partial charge in [-0.1, -0.05) is 12.1 Å². The fraction of sp³-hybridized carbons (Fsp3) is 0.273. The van der Waals surface area contributed by atoms with Crippen LogP contribution < -0.4 is 10.6 Å². The SMILES string of the molecule is CCOC(=O)c1c(NC(=O)COC(=O)/C=C/c2cccc(C(F)(F)F)c2)sc(C(=O)NC)c1C. The number of carbonyl (C=O) groups excluding carboxylic acids is 4. The van der Waals surface area contributed by atoms with E-state index in [0.717, 1.165) is 35.6 Å². The maximum Gasteiger partial charge on any atom is 0.416 e. The molecule has 0 aliphatic rings. The smallest absolute Gasteiger partial charge is 0.416 e. The Morgan fingerprint density at radius 3 is 2.47 bits per heavy atom. The van der Waals surface area contributed by atoms with Gasteiger partial charge in [0, 0.05) is 13.1 Å². The Hall–Kier alpha value is -3.67. The summed E-state index contributed by atoms with van der Waals surface area (Å²) >= 11 is 0.855. The van der Waals surface area contributed by atoms with Gasteiger partial charge in [-0.25, -0.2) is 9.59 Å². The van der Waals surface area contributed by atoms with E-state index in [4.69, 9.17) is 9.47 Å². The van der Waals surface area contributed by atoms with Crippen LogP contribution in [0, 0.1) is 6.92 Å². The monoisotopic (exact) mass is 498 g/mol. The Balaban J connectivity index is 2.06. The minimum absolute atomic E-state index is 0.00886. The molecule has 12 heteroatoms. The van der Waals surface area contributed by atoms with Crippen LogP contribution in [0.1, 0.15) is 43.6 Å². The molecule has 0 radical (unpaired) electrons. The number of carbonyl (C=O) groups is 4. The van der Waals surface area contributed by atoms with Crippen molar-refractivity contribution in [2.75, 3.05) is 25.6 Å². The van der Waals surface area contributed by atoms with E-state index >= 15 is 0 Å². The lowest BCUT2D eigenvalue weighted by Crippen LogP contribution is -2.21. The van der Waals surface area contributed by atoms with Crippen LogP contribution in [-0.4, -0.2) is 44.0 Å². The van der Waals surface area contributed by atoms with Crippen LogP contribution in [0.2, 0.25) is 0 Å². The van der Waals surface area contributed by atoms with Crippen molar-refractivity contribution >= 4 is 46.2 Å². The third-order valence-electron chi connectivity index (χ3n) is 4.28. The largest absolute Gasteiger partial charge is 0.462 e. The van der Waals surface area contributed by atoms with Crippen LogP contribution in [0.3, 0.4) is 0 Å². The highest BCUT2D eigenvalue weighted by atomic mass is 32.1. The average molecular weight is 498 g/mol. The van der Waals surface area contributed by atoms with Gasteiger partial charge in [0.2, 0.25) is 0 Å². The summed E-state index contributed by atoms with van der Waals surface area (Å²) in [6, 6.07) is 4.31. The van der Waals surface area contributed by atoms with E-state index in [-0.39, 0.29) is 27.6 Å². The van der Waals surface area contributed by atoms with Crippen LogP contribution in [0.5, 0.6) is 0 Å². The van der Waals surface area contributed by atoms with Crippen molar-refractivity contribution < 1.29 is 41.8 Å². The molecule has 0 spiro atoms. The first-order valence-corrected chi connectivity index (χ1v) is 10.6. The highest BCUT2D eigenvalue weighted by Gasteiger charge is 2.30. The molecular weight excluding hydrogens is 477 g/mol. The van der Waals surface area contributed by atoms with Gasteiger partial charge in [-0.2, -0.15) is 13.2 Å².